The number of piperidine rings is 1. The summed E-state index contributed by atoms with van der Waals surface area (Å²) in [6.07, 6.45) is -5.16. The van der Waals surface area contributed by atoms with Gasteiger partial charge in [0.2, 0.25) is 33.7 Å². The van der Waals surface area contributed by atoms with E-state index < -0.39 is 75.3 Å². The summed E-state index contributed by atoms with van der Waals surface area (Å²) in [7, 11) is -3.99. The quantitative estimate of drug-likeness (QED) is 0.521. The van der Waals surface area contributed by atoms with Crippen molar-refractivity contribution in [1.82, 2.24) is 14.9 Å². The van der Waals surface area contributed by atoms with Crippen LogP contribution in [0.2, 0.25) is 0 Å². The van der Waals surface area contributed by atoms with Crippen molar-refractivity contribution in [3.8, 4) is 0 Å². The minimum absolute atomic E-state index is 0.00561. The number of imide groups is 2. The Morgan fingerprint density at radius 3 is 2.32 bits per heavy atom. The van der Waals surface area contributed by atoms with Crippen LogP contribution in [0.25, 0.3) is 0 Å². The van der Waals surface area contributed by atoms with Gasteiger partial charge in [0.1, 0.15) is 6.04 Å². The van der Waals surface area contributed by atoms with Gasteiger partial charge in [0, 0.05) is 12.5 Å². The maximum atomic E-state index is 13.0. The fourth-order valence-corrected chi connectivity index (χ4v) is 7.37. The number of sulfonamides is 1. The number of hydrogen-bond donors (Lipinski definition) is 2. The summed E-state index contributed by atoms with van der Waals surface area (Å²) in [4.78, 5) is 50.3. The van der Waals surface area contributed by atoms with Crippen molar-refractivity contribution >= 4 is 33.7 Å². The monoisotopic (exact) mass is 509 g/mol. The molecule has 0 spiro atoms. The first-order chi connectivity index (χ1) is 15.9. The third-order valence-electron chi connectivity index (χ3n) is 7.13. The molecule has 14 heteroatoms. The summed E-state index contributed by atoms with van der Waals surface area (Å²) >= 11 is 0. The second-order valence-electron chi connectivity index (χ2n) is 9.37. The highest BCUT2D eigenvalue weighted by molar-refractivity contribution is 7.90. The summed E-state index contributed by atoms with van der Waals surface area (Å²) < 4.78 is 70.0. The van der Waals surface area contributed by atoms with Gasteiger partial charge in [0.05, 0.1) is 23.2 Å². The van der Waals surface area contributed by atoms with E-state index in [1.54, 1.807) is 0 Å². The molecular formula is C20H26F3N3O7S. The summed E-state index contributed by atoms with van der Waals surface area (Å²) in [6, 6.07) is -1.72. The first kappa shape index (κ1) is 25.0. The SMILES string of the molecule is O=C1CCC(N2C(=O)C3CCC(NS(=O)(=O)C4CCCC(OC(F)(F)F)C4)CC3C2=O)C(=O)N1. The number of halogens is 3. The fourth-order valence-electron chi connectivity index (χ4n) is 5.56. The number of nitrogens with one attached hydrogen (secondary N) is 2. The predicted octanol–water partition coefficient (Wildman–Crippen LogP) is 0.712. The van der Waals surface area contributed by atoms with Crippen molar-refractivity contribution in [2.24, 2.45) is 11.8 Å². The highest BCUT2D eigenvalue weighted by Crippen LogP contribution is 2.40. The molecule has 2 aliphatic heterocycles. The normalized spacial score (nSPS) is 35.3. The standard InChI is InChI=1S/C20H26F3N3O7S/c21-20(22,23)33-11-2-1-3-12(9-11)34(31,32)25-10-4-5-13-14(8-10)19(30)26(18(13)29)15-6-7-16(27)24-17(15)28/h10-15,25H,1-9H2,(H,24,27,28). The number of amides is 4. The lowest BCUT2D eigenvalue weighted by molar-refractivity contribution is -0.345. The molecule has 0 aromatic rings. The highest BCUT2D eigenvalue weighted by atomic mass is 32.2. The van der Waals surface area contributed by atoms with Crippen molar-refractivity contribution in [3.63, 3.8) is 0 Å². The Labute approximate surface area is 194 Å². The van der Waals surface area contributed by atoms with Gasteiger partial charge in [-0.3, -0.25) is 34.1 Å². The van der Waals surface area contributed by atoms with Crippen LogP contribution in [0.1, 0.15) is 57.8 Å². The van der Waals surface area contributed by atoms with Gasteiger partial charge in [-0.2, -0.15) is 0 Å². The molecule has 0 bridgehead atoms. The number of carbonyl (C=O) groups excluding carboxylic acids is 4. The summed E-state index contributed by atoms with van der Waals surface area (Å²) in [6.45, 7) is 0. The molecule has 2 N–H and O–H groups in total. The lowest BCUT2D eigenvalue weighted by atomic mass is 9.79. The number of ether oxygens (including phenoxy) is 1. The zero-order chi connectivity index (χ0) is 24.8. The van der Waals surface area contributed by atoms with Crippen LogP contribution in [-0.4, -0.2) is 66.7 Å². The van der Waals surface area contributed by atoms with Crippen LogP contribution in [0.4, 0.5) is 13.2 Å². The summed E-state index contributed by atoms with van der Waals surface area (Å²) in [5, 5.41) is 1.08. The molecule has 0 aromatic carbocycles. The van der Waals surface area contributed by atoms with Gasteiger partial charge in [0.25, 0.3) is 0 Å². The van der Waals surface area contributed by atoms with Gasteiger partial charge in [-0.1, -0.05) is 0 Å². The minimum atomic E-state index is -4.84. The number of alkyl halides is 3. The molecule has 34 heavy (non-hydrogen) atoms. The van der Waals surface area contributed by atoms with Gasteiger partial charge >= 0.3 is 6.36 Å². The van der Waals surface area contributed by atoms with Crippen molar-refractivity contribution < 1.29 is 45.5 Å². The Hall–Kier alpha value is -2.06. The van der Waals surface area contributed by atoms with E-state index in [-0.39, 0.29) is 57.8 Å². The van der Waals surface area contributed by atoms with E-state index in [2.05, 4.69) is 14.8 Å². The second kappa shape index (κ2) is 9.19. The largest absolute Gasteiger partial charge is 0.522 e. The van der Waals surface area contributed by atoms with Gasteiger partial charge < -0.3 is 0 Å². The highest BCUT2D eigenvalue weighted by Gasteiger charge is 2.54. The lowest BCUT2D eigenvalue weighted by Gasteiger charge is -2.33. The van der Waals surface area contributed by atoms with Gasteiger partial charge in [-0.15, -0.1) is 13.2 Å². The summed E-state index contributed by atoms with van der Waals surface area (Å²) in [5.41, 5.74) is 0. The molecule has 0 aromatic heterocycles. The molecule has 4 amide bonds. The van der Waals surface area contributed by atoms with Gasteiger partial charge in [-0.05, 0) is 51.4 Å². The molecular weight excluding hydrogens is 483 g/mol. The van der Waals surface area contributed by atoms with E-state index in [1.165, 1.54) is 0 Å². The van der Waals surface area contributed by atoms with E-state index in [9.17, 15) is 40.8 Å². The van der Waals surface area contributed by atoms with E-state index in [4.69, 9.17) is 0 Å². The van der Waals surface area contributed by atoms with E-state index in [1.807, 2.05) is 0 Å². The Morgan fingerprint density at radius 1 is 0.941 bits per heavy atom. The smallest absolute Gasteiger partial charge is 0.295 e. The molecule has 190 valence electrons. The molecule has 2 saturated carbocycles. The van der Waals surface area contributed by atoms with Crippen LogP contribution in [0.5, 0.6) is 0 Å². The maximum Gasteiger partial charge on any atom is 0.522 e. The number of nitrogens with zero attached hydrogens (tertiary/aromatic N) is 1. The van der Waals surface area contributed by atoms with E-state index in [0.717, 1.165) is 4.90 Å². The van der Waals surface area contributed by atoms with Crippen molar-refractivity contribution in [2.45, 2.75) is 87.6 Å². The number of likely N-dealkylation sites (tertiary alicyclic amines) is 1. The average molecular weight is 510 g/mol. The van der Waals surface area contributed by atoms with E-state index >= 15 is 0 Å². The molecule has 2 aliphatic carbocycles. The van der Waals surface area contributed by atoms with Crippen LogP contribution in [-0.2, 0) is 33.9 Å². The molecule has 4 rings (SSSR count). The van der Waals surface area contributed by atoms with Crippen LogP contribution >= 0.6 is 0 Å². The molecule has 10 nitrogen and oxygen atoms in total. The van der Waals surface area contributed by atoms with E-state index in [0.29, 0.717) is 0 Å². The molecule has 4 aliphatic rings. The van der Waals surface area contributed by atoms with Crippen LogP contribution in [0.15, 0.2) is 0 Å². The molecule has 6 atom stereocenters. The third-order valence-corrected chi connectivity index (χ3v) is 9.10. The number of hydrogen-bond acceptors (Lipinski definition) is 7. The zero-order valence-electron chi connectivity index (χ0n) is 18.2. The Kier molecular flexibility index (Phi) is 6.77. The Morgan fingerprint density at radius 2 is 1.65 bits per heavy atom. The van der Waals surface area contributed by atoms with Crippen molar-refractivity contribution in [2.75, 3.05) is 0 Å². The molecule has 0 radical (unpaired) electrons. The number of rotatable bonds is 5. The molecule has 4 fully saturated rings. The maximum absolute atomic E-state index is 13.0. The van der Waals surface area contributed by atoms with Crippen LogP contribution in [0.3, 0.4) is 0 Å². The fraction of sp³-hybridized carbons (Fsp3) is 0.800. The van der Waals surface area contributed by atoms with Gasteiger partial charge in [0.15, 0.2) is 0 Å². The van der Waals surface area contributed by atoms with Crippen LogP contribution in [0, 0.1) is 11.8 Å². The number of carbonyl (C=O) groups is 4. The number of fused-ring (bicyclic) bond motifs is 1. The minimum Gasteiger partial charge on any atom is -0.295 e. The van der Waals surface area contributed by atoms with Crippen LogP contribution < -0.4 is 10.0 Å². The topological polar surface area (TPSA) is 139 Å². The molecule has 2 heterocycles. The first-order valence-electron chi connectivity index (χ1n) is 11.3. The summed E-state index contributed by atoms with van der Waals surface area (Å²) in [5.74, 6) is -3.71. The molecule has 2 saturated heterocycles. The second-order valence-corrected chi connectivity index (χ2v) is 11.4. The zero-order valence-corrected chi connectivity index (χ0v) is 19.0. The first-order valence-corrected chi connectivity index (χ1v) is 12.9. The Bertz CT molecular complexity index is 986. The average Bonchev–Trinajstić information content (AvgIpc) is 2.97. The third kappa shape index (κ3) is 5.13. The lowest BCUT2D eigenvalue weighted by Crippen LogP contribution is -2.54. The molecule has 6 unspecified atom stereocenters. The van der Waals surface area contributed by atoms with Crippen molar-refractivity contribution in [1.29, 1.82) is 0 Å². The Balaban J connectivity index is 1.40. The van der Waals surface area contributed by atoms with Crippen molar-refractivity contribution in [3.05, 3.63) is 0 Å². The van der Waals surface area contributed by atoms with Gasteiger partial charge in [-0.25, -0.2) is 13.1 Å². The predicted molar refractivity (Wildman–Crippen MR) is 108 cm³/mol.